The molecule has 13 heavy (non-hydrogen) atoms. The molecule has 0 radical (unpaired) electrons. The summed E-state index contributed by atoms with van der Waals surface area (Å²) in [5.74, 6) is 0. The van der Waals surface area contributed by atoms with Crippen LogP contribution in [0.3, 0.4) is 0 Å². The highest BCUT2D eigenvalue weighted by Gasteiger charge is 2.31. The van der Waals surface area contributed by atoms with Crippen molar-refractivity contribution in [3.05, 3.63) is 0 Å². The molecule has 1 rings (SSSR count). The van der Waals surface area contributed by atoms with Crippen LogP contribution in [0.5, 0.6) is 0 Å². The molecule has 1 atom stereocenters. The molecule has 0 saturated carbocycles. The largest absolute Gasteiger partial charge is 0.393 e. The first kappa shape index (κ1) is 10.7. The topological polar surface area (TPSA) is 46.5 Å². The molecule has 1 N–H and O–H groups in total. The standard InChI is InChI=1S/C10H18O3/c1-9(12)2-3-10(8-11)4-6-13-7-5-10/h8-9,12H,2-7H2,1H3. The van der Waals surface area contributed by atoms with E-state index in [1.807, 2.05) is 0 Å². The fourth-order valence-corrected chi connectivity index (χ4v) is 1.70. The molecule has 1 aliphatic rings. The van der Waals surface area contributed by atoms with Crippen molar-refractivity contribution in [1.29, 1.82) is 0 Å². The van der Waals surface area contributed by atoms with E-state index in [1.165, 1.54) is 0 Å². The van der Waals surface area contributed by atoms with Gasteiger partial charge in [0, 0.05) is 18.6 Å². The molecule has 0 amide bonds. The van der Waals surface area contributed by atoms with Crippen molar-refractivity contribution in [3.8, 4) is 0 Å². The molecular formula is C10H18O3. The van der Waals surface area contributed by atoms with E-state index in [9.17, 15) is 4.79 Å². The van der Waals surface area contributed by atoms with Crippen LogP contribution in [-0.4, -0.2) is 30.7 Å². The first-order valence-corrected chi connectivity index (χ1v) is 4.91. The number of rotatable bonds is 4. The third-order valence-electron chi connectivity index (χ3n) is 2.80. The molecule has 0 spiro atoms. The first-order chi connectivity index (χ1) is 6.18. The van der Waals surface area contributed by atoms with Crippen LogP contribution < -0.4 is 0 Å². The minimum atomic E-state index is -0.306. The van der Waals surface area contributed by atoms with Gasteiger partial charge in [-0.25, -0.2) is 0 Å². The lowest BCUT2D eigenvalue weighted by Crippen LogP contribution is -2.31. The Kier molecular flexibility index (Phi) is 3.88. The van der Waals surface area contributed by atoms with Crippen molar-refractivity contribution in [3.63, 3.8) is 0 Å². The van der Waals surface area contributed by atoms with Crippen molar-refractivity contribution in [2.45, 2.75) is 38.7 Å². The van der Waals surface area contributed by atoms with Crippen molar-refractivity contribution < 1.29 is 14.6 Å². The van der Waals surface area contributed by atoms with Gasteiger partial charge in [-0.2, -0.15) is 0 Å². The quantitative estimate of drug-likeness (QED) is 0.670. The Bertz CT molecular complexity index is 160. The lowest BCUT2D eigenvalue weighted by Gasteiger charge is -2.32. The molecule has 1 fully saturated rings. The van der Waals surface area contributed by atoms with Gasteiger partial charge in [-0.1, -0.05) is 0 Å². The highest BCUT2D eigenvalue weighted by Crippen LogP contribution is 2.33. The molecule has 1 aliphatic heterocycles. The van der Waals surface area contributed by atoms with Crippen molar-refractivity contribution >= 4 is 6.29 Å². The van der Waals surface area contributed by atoms with Crippen LogP contribution in [0.15, 0.2) is 0 Å². The van der Waals surface area contributed by atoms with E-state index >= 15 is 0 Å². The minimum Gasteiger partial charge on any atom is -0.393 e. The van der Waals surface area contributed by atoms with E-state index in [-0.39, 0.29) is 11.5 Å². The molecule has 1 unspecified atom stereocenters. The van der Waals surface area contributed by atoms with Crippen LogP contribution >= 0.6 is 0 Å². The molecular weight excluding hydrogens is 168 g/mol. The summed E-state index contributed by atoms with van der Waals surface area (Å²) in [4.78, 5) is 11.0. The van der Waals surface area contributed by atoms with Crippen molar-refractivity contribution in [2.75, 3.05) is 13.2 Å². The monoisotopic (exact) mass is 186 g/mol. The average molecular weight is 186 g/mol. The Morgan fingerprint density at radius 2 is 2.15 bits per heavy atom. The van der Waals surface area contributed by atoms with E-state index in [0.717, 1.165) is 25.5 Å². The molecule has 0 bridgehead atoms. The summed E-state index contributed by atoms with van der Waals surface area (Å²) in [6.45, 7) is 3.12. The molecule has 0 aromatic carbocycles. The number of aliphatic hydroxyl groups is 1. The van der Waals surface area contributed by atoms with Gasteiger partial charge in [-0.15, -0.1) is 0 Å². The number of hydrogen-bond acceptors (Lipinski definition) is 3. The van der Waals surface area contributed by atoms with Gasteiger partial charge in [0.15, 0.2) is 0 Å². The van der Waals surface area contributed by atoms with Gasteiger partial charge in [0.25, 0.3) is 0 Å². The summed E-state index contributed by atoms with van der Waals surface area (Å²) >= 11 is 0. The van der Waals surface area contributed by atoms with Gasteiger partial charge < -0.3 is 14.6 Å². The fraction of sp³-hybridized carbons (Fsp3) is 0.900. The zero-order chi connectivity index (χ0) is 9.73. The van der Waals surface area contributed by atoms with Crippen molar-refractivity contribution in [1.82, 2.24) is 0 Å². The van der Waals surface area contributed by atoms with Gasteiger partial charge in [-0.05, 0) is 32.6 Å². The van der Waals surface area contributed by atoms with E-state index in [4.69, 9.17) is 9.84 Å². The van der Waals surface area contributed by atoms with Crippen LogP contribution in [0, 0.1) is 5.41 Å². The molecule has 3 nitrogen and oxygen atoms in total. The van der Waals surface area contributed by atoms with Gasteiger partial charge in [0.1, 0.15) is 6.29 Å². The van der Waals surface area contributed by atoms with E-state index in [0.29, 0.717) is 19.6 Å². The Morgan fingerprint density at radius 1 is 1.54 bits per heavy atom. The van der Waals surface area contributed by atoms with Crippen LogP contribution in [0.2, 0.25) is 0 Å². The maximum Gasteiger partial charge on any atom is 0.126 e. The second-order valence-electron chi connectivity index (χ2n) is 3.98. The van der Waals surface area contributed by atoms with Crippen LogP contribution in [0.4, 0.5) is 0 Å². The summed E-state index contributed by atoms with van der Waals surface area (Å²) < 4.78 is 5.21. The number of ether oxygens (including phenoxy) is 1. The number of aldehydes is 1. The minimum absolute atomic E-state index is 0.213. The summed E-state index contributed by atoms with van der Waals surface area (Å²) in [6.07, 6.45) is 3.86. The van der Waals surface area contributed by atoms with Gasteiger partial charge in [0.2, 0.25) is 0 Å². The summed E-state index contributed by atoms with van der Waals surface area (Å²) in [6, 6.07) is 0. The predicted molar refractivity (Wildman–Crippen MR) is 49.5 cm³/mol. The van der Waals surface area contributed by atoms with Gasteiger partial charge in [0.05, 0.1) is 6.10 Å². The zero-order valence-corrected chi connectivity index (χ0v) is 8.16. The Morgan fingerprint density at radius 3 is 2.62 bits per heavy atom. The SMILES string of the molecule is CC(O)CCC1(C=O)CCOCC1. The first-order valence-electron chi connectivity index (χ1n) is 4.91. The third-order valence-corrected chi connectivity index (χ3v) is 2.80. The molecule has 3 heteroatoms. The van der Waals surface area contributed by atoms with Crippen molar-refractivity contribution in [2.24, 2.45) is 5.41 Å². The van der Waals surface area contributed by atoms with E-state index in [1.54, 1.807) is 6.92 Å². The summed E-state index contributed by atoms with van der Waals surface area (Å²) in [5, 5.41) is 9.15. The maximum absolute atomic E-state index is 11.0. The Labute approximate surface area is 79.1 Å². The summed E-state index contributed by atoms with van der Waals surface area (Å²) in [7, 11) is 0. The molecule has 1 heterocycles. The smallest absolute Gasteiger partial charge is 0.126 e. The maximum atomic E-state index is 11.0. The van der Waals surface area contributed by atoms with E-state index in [2.05, 4.69) is 0 Å². The molecule has 0 aromatic heterocycles. The second-order valence-corrected chi connectivity index (χ2v) is 3.98. The third kappa shape index (κ3) is 3.08. The van der Waals surface area contributed by atoms with Gasteiger partial charge in [-0.3, -0.25) is 0 Å². The summed E-state index contributed by atoms with van der Waals surface area (Å²) in [5.41, 5.74) is -0.213. The number of carbonyl (C=O) groups excluding carboxylic acids is 1. The van der Waals surface area contributed by atoms with E-state index < -0.39 is 0 Å². The molecule has 76 valence electrons. The van der Waals surface area contributed by atoms with Gasteiger partial charge >= 0.3 is 0 Å². The molecule has 1 saturated heterocycles. The number of carbonyl (C=O) groups is 1. The average Bonchev–Trinajstić information content (AvgIpc) is 2.16. The molecule has 0 aromatic rings. The number of hydrogen-bond donors (Lipinski definition) is 1. The zero-order valence-electron chi connectivity index (χ0n) is 8.16. The second kappa shape index (κ2) is 4.72. The molecule has 0 aliphatic carbocycles. The lowest BCUT2D eigenvalue weighted by atomic mass is 9.77. The normalized spacial score (nSPS) is 23.8. The Balaban J connectivity index is 2.42. The van der Waals surface area contributed by atoms with Crippen LogP contribution in [-0.2, 0) is 9.53 Å². The van der Waals surface area contributed by atoms with Crippen LogP contribution in [0.25, 0.3) is 0 Å². The lowest BCUT2D eigenvalue weighted by molar-refractivity contribution is -0.122. The number of aliphatic hydroxyl groups excluding tert-OH is 1. The Hall–Kier alpha value is -0.410. The predicted octanol–water partition coefficient (Wildman–Crippen LogP) is 1.14. The van der Waals surface area contributed by atoms with Crippen LogP contribution in [0.1, 0.15) is 32.6 Å². The fourth-order valence-electron chi connectivity index (χ4n) is 1.70. The highest BCUT2D eigenvalue weighted by atomic mass is 16.5. The highest BCUT2D eigenvalue weighted by molar-refractivity contribution is 5.59.